The summed E-state index contributed by atoms with van der Waals surface area (Å²) in [6.07, 6.45) is 3.78. The predicted octanol–water partition coefficient (Wildman–Crippen LogP) is 1.76. The van der Waals surface area contributed by atoms with Gasteiger partial charge in [0, 0.05) is 38.4 Å². The minimum absolute atomic E-state index is 0.296. The molecular weight excluding hydrogens is 281 g/mol. The van der Waals surface area contributed by atoms with Crippen LogP contribution in [0.5, 0.6) is 0 Å². The summed E-state index contributed by atoms with van der Waals surface area (Å²) in [5.74, 6) is 0.406. The third-order valence-corrected chi connectivity index (χ3v) is 4.08. The summed E-state index contributed by atoms with van der Waals surface area (Å²) in [5, 5.41) is 6.55. The van der Waals surface area contributed by atoms with Crippen molar-refractivity contribution in [2.75, 3.05) is 20.1 Å². The van der Waals surface area contributed by atoms with Gasteiger partial charge in [-0.3, -0.25) is 9.98 Å². The number of pyridine rings is 1. The van der Waals surface area contributed by atoms with Gasteiger partial charge in [-0.15, -0.1) is 0 Å². The van der Waals surface area contributed by atoms with Gasteiger partial charge in [0.25, 0.3) is 0 Å². The molecule has 1 aliphatic heterocycles. The third-order valence-electron chi connectivity index (χ3n) is 4.08. The van der Waals surface area contributed by atoms with E-state index in [0.717, 1.165) is 25.9 Å². The minimum atomic E-state index is -0.296. The van der Waals surface area contributed by atoms with Crippen molar-refractivity contribution < 1.29 is 4.39 Å². The molecule has 0 radical (unpaired) electrons. The molecule has 122 valence electrons. The molecular formula is C16H26FN5. The first-order valence-corrected chi connectivity index (χ1v) is 7.90. The second kappa shape index (κ2) is 8.08. The van der Waals surface area contributed by atoms with E-state index >= 15 is 0 Å². The average Bonchev–Trinajstić information content (AvgIpc) is 2.53. The molecule has 0 aromatic carbocycles. The summed E-state index contributed by atoms with van der Waals surface area (Å²) in [4.78, 5) is 10.7. The smallest absolute Gasteiger partial charge is 0.191 e. The molecule has 1 fully saturated rings. The van der Waals surface area contributed by atoms with Crippen molar-refractivity contribution in [2.24, 2.45) is 4.99 Å². The minimum Gasteiger partial charge on any atom is -0.354 e. The second-order valence-corrected chi connectivity index (χ2v) is 5.91. The first-order chi connectivity index (χ1) is 10.6. The molecule has 6 heteroatoms. The van der Waals surface area contributed by atoms with E-state index in [4.69, 9.17) is 0 Å². The van der Waals surface area contributed by atoms with Crippen molar-refractivity contribution in [1.29, 1.82) is 0 Å². The average molecular weight is 307 g/mol. The molecule has 22 heavy (non-hydrogen) atoms. The summed E-state index contributed by atoms with van der Waals surface area (Å²) in [7, 11) is 1.73. The van der Waals surface area contributed by atoms with Crippen molar-refractivity contribution in [3.63, 3.8) is 0 Å². The van der Waals surface area contributed by atoms with Crippen molar-refractivity contribution >= 4 is 5.96 Å². The number of nitrogens with one attached hydrogen (secondary N) is 2. The lowest BCUT2D eigenvalue weighted by Gasteiger charge is -2.35. The zero-order valence-corrected chi connectivity index (χ0v) is 13.6. The van der Waals surface area contributed by atoms with Crippen LogP contribution in [0.25, 0.3) is 0 Å². The quantitative estimate of drug-likeness (QED) is 0.657. The Hall–Kier alpha value is -1.69. The van der Waals surface area contributed by atoms with Crippen molar-refractivity contribution in [3.8, 4) is 0 Å². The first kappa shape index (κ1) is 16.7. The highest BCUT2D eigenvalue weighted by Crippen LogP contribution is 2.12. The highest BCUT2D eigenvalue weighted by atomic mass is 19.1. The van der Waals surface area contributed by atoms with E-state index in [-0.39, 0.29) is 5.82 Å². The fourth-order valence-corrected chi connectivity index (χ4v) is 2.66. The van der Waals surface area contributed by atoms with Crippen LogP contribution in [0.3, 0.4) is 0 Å². The number of hydrogen-bond acceptors (Lipinski definition) is 3. The van der Waals surface area contributed by atoms with Gasteiger partial charge < -0.3 is 15.5 Å². The lowest BCUT2D eigenvalue weighted by molar-refractivity contribution is 0.167. The third kappa shape index (κ3) is 4.66. The van der Waals surface area contributed by atoms with E-state index in [0.29, 0.717) is 30.3 Å². The van der Waals surface area contributed by atoms with Gasteiger partial charge in [0.1, 0.15) is 5.82 Å². The van der Waals surface area contributed by atoms with Gasteiger partial charge >= 0.3 is 0 Å². The Balaban J connectivity index is 1.80. The highest BCUT2D eigenvalue weighted by Gasteiger charge is 2.21. The summed E-state index contributed by atoms with van der Waals surface area (Å²) >= 11 is 0. The Bertz CT molecular complexity index is 495. The highest BCUT2D eigenvalue weighted by molar-refractivity contribution is 5.79. The van der Waals surface area contributed by atoms with Crippen LogP contribution < -0.4 is 10.6 Å². The Morgan fingerprint density at radius 2 is 2.18 bits per heavy atom. The number of piperidine rings is 1. The van der Waals surface area contributed by atoms with Gasteiger partial charge in [-0.1, -0.05) is 0 Å². The normalized spacial score (nSPS) is 17.8. The molecule has 1 saturated heterocycles. The van der Waals surface area contributed by atoms with Gasteiger partial charge in [-0.25, -0.2) is 4.39 Å². The maximum atomic E-state index is 13.6. The van der Waals surface area contributed by atoms with Crippen LogP contribution in [-0.2, 0) is 6.54 Å². The molecule has 2 heterocycles. The van der Waals surface area contributed by atoms with Crippen LogP contribution in [-0.4, -0.2) is 48.1 Å². The molecule has 1 aliphatic rings. The number of halogens is 1. The van der Waals surface area contributed by atoms with E-state index in [1.165, 1.54) is 6.07 Å². The number of nitrogens with zero attached hydrogens (tertiary/aromatic N) is 3. The molecule has 0 amide bonds. The number of aromatic nitrogens is 1. The maximum Gasteiger partial charge on any atom is 0.191 e. The number of hydrogen-bond donors (Lipinski definition) is 2. The predicted molar refractivity (Wildman–Crippen MR) is 87.3 cm³/mol. The van der Waals surface area contributed by atoms with Gasteiger partial charge in [0.15, 0.2) is 5.96 Å². The molecule has 0 unspecified atom stereocenters. The van der Waals surface area contributed by atoms with Gasteiger partial charge in [0.05, 0.1) is 12.2 Å². The molecule has 0 spiro atoms. The molecule has 2 rings (SSSR count). The molecule has 1 aromatic rings. The van der Waals surface area contributed by atoms with Crippen molar-refractivity contribution in [2.45, 2.75) is 45.3 Å². The lowest BCUT2D eigenvalue weighted by Crippen LogP contribution is -2.49. The topological polar surface area (TPSA) is 52.6 Å². The number of rotatable bonds is 4. The molecule has 2 N–H and O–H groups in total. The fraction of sp³-hybridized carbons (Fsp3) is 0.625. The van der Waals surface area contributed by atoms with Crippen molar-refractivity contribution in [1.82, 2.24) is 20.5 Å². The van der Waals surface area contributed by atoms with E-state index < -0.39 is 0 Å². The summed E-state index contributed by atoms with van der Waals surface area (Å²) in [5.41, 5.74) is 0.403. The van der Waals surface area contributed by atoms with E-state index in [1.54, 1.807) is 19.3 Å². The molecule has 0 aliphatic carbocycles. The first-order valence-electron chi connectivity index (χ1n) is 7.90. The Morgan fingerprint density at radius 3 is 2.77 bits per heavy atom. The van der Waals surface area contributed by atoms with E-state index in [2.05, 4.69) is 39.4 Å². The standard InChI is InChI=1S/C16H26FN5/c1-12(2)22-9-6-13(7-10-22)21-16(18-3)20-11-15-14(17)5-4-8-19-15/h4-5,8,12-13H,6-7,9-11H2,1-3H3,(H2,18,20,21). The Labute approximate surface area is 132 Å². The summed E-state index contributed by atoms with van der Waals surface area (Å²) in [6.45, 7) is 6.99. The Kier molecular flexibility index (Phi) is 6.12. The number of aliphatic imine (C=N–C) groups is 1. The van der Waals surface area contributed by atoms with Gasteiger partial charge in [0.2, 0.25) is 0 Å². The van der Waals surface area contributed by atoms with Crippen LogP contribution in [0, 0.1) is 5.82 Å². The largest absolute Gasteiger partial charge is 0.354 e. The molecule has 5 nitrogen and oxygen atoms in total. The van der Waals surface area contributed by atoms with Crippen molar-refractivity contribution in [3.05, 3.63) is 29.8 Å². The van der Waals surface area contributed by atoms with Crippen LogP contribution >= 0.6 is 0 Å². The number of likely N-dealkylation sites (tertiary alicyclic amines) is 1. The molecule has 0 atom stereocenters. The Morgan fingerprint density at radius 1 is 1.45 bits per heavy atom. The summed E-state index contributed by atoms with van der Waals surface area (Å²) in [6, 6.07) is 4.02. The fourth-order valence-electron chi connectivity index (χ4n) is 2.66. The van der Waals surface area contributed by atoms with E-state index in [9.17, 15) is 4.39 Å². The zero-order valence-electron chi connectivity index (χ0n) is 13.6. The number of guanidine groups is 1. The molecule has 0 saturated carbocycles. The van der Waals surface area contributed by atoms with Gasteiger partial charge in [-0.05, 0) is 38.8 Å². The van der Waals surface area contributed by atoms with Crippen LogP contribution in [0.4, 0.5) is 4.39 Å². The molecule has 1 aromatic heterocycles. The summed E-state index contributed by atoms with van der Waals surface area (Å²) < 4.78 is 13.6. The SMILES string of the molecule is CN=C(NCc1ncccc1F)NC1CCN(C(C)C)CC1. The second-order valence-electron chi connectivity index (χ2n) is 5.91. The maximum absolute atomic E-state index is 13.6. The monoisotopic (exact) mass is 307 g/mol. The van der Waals surface area contributed by atoms with Crippen LogP contribution in [0.15, 0.2) is 23.3 Å². The lowest BCUT2D eigenvalue weighted by atomic mass is 10.0. The van der Waals surface area contributed by atoms with E-state index in [1.807, 2.05) is 0 Å². The zero-order chi connectivity index (χ0) is 15.9. The van der Waals surface area contributed by atoms with Crippen LogP contribution in [0.1, 0.15) is 32.4 Å². The van der Waals surface area contributed by atoms with Gasteiger partial charge in [-0.2, -0.15) is 0 Å². The molecule has 0 bridgehead atoms. The van der Waals surface area contributed by atoms with Crippen LogP contribution in [0.2, 0.25) is 0 Å².